The van der Waals surface area contributed by atoms with Crippen molar-refractivity contribution in [2.75, 3.05) is 0 Å². The number of nitrogens with zero attached hydrogens (tertiary/aromatic N) is 5. The third kappa shape index (κ3) is 2.98. The van der Waals surface area contributed by atoms with Crippen LogP contribution in [0.2, 0.25) is 0 Å². The van der Waals surface area contributed by atoms with Gasteiger partial charge in [-0.2, -0.15) is 0 Å². The molecule has 7 heteroatoms. The Morgan fingerprint density at radius 1 is 1.00 bits per heavy atom. The van der Waals surface area contributed by atoms with Gasteiger partial charge in [-0.1, -0.05) is 18.9 Å². The molecule has 33 heavy (non-hydrogen) atoms. The van der Waals surface area contributed by atoms with Crippen LogP contribution >= 0.6 is 0 Å². The number of aromatic nitrogens is 6. The van der Waals surface area contributed by atoms with Crippen molar-refractivity contribution in [3.63, 3.8) is 0 Å². The highest BCUT2D eigenvalue weighted by molar-refractivity contribution is 5.96. The largest absolute Gasteiger partial charge is 0.345 e. The van der Waals surface area contributed by atoms with Crippen molar-refractivity contribution in [2.24, 2.45) is 11.8 Å². The van der Waals surface area contributed by atoms with Crippen LogP contribution in [0, 0.1) is 17.7 Å². The van der Waals surface area contributed by atoms with Gasteiger partial charge < -0.3 is 9.55 Å². The zero-order valence-electron chi connectivity index (χ0n) is 18.1. The van der Waals surface area contributed by atoms with E-state index in [9.17, 15) is 4.39 Å². The van der Waals surface area contributed by atoms with Crippen molar-refractivity contribution < 1.29 is 4.39 Å². The molecule has 1 N–H and O–H groups in total. The molecule has 5 aromatic rings. The molecule has 3 aliphatic rings. The molecule has 0 spiro atoms. The topological polar surface area (TPSA) is 72.3 Å². The quantitative estimate of drug-likeness (QED) is 0.379. The van der Waals surface area contributed by atoms with Crippen molar-refractivity contribution in [2.45, 2.75) is 38.1 Å². The van der Waals surface area contributed by atoms with Gasteiger partial charge in [0.2, 0.25) is 0 Å². The number of fused-ring (bicyclic) bond motifs is 5. The first-order valence-electron chi connectivity index (χ1n) is 11.7. The zero-order chi connectivity index (χ0) is 21.9. The molecule has 5 aromatic heterocycles. The predicted molar refractivity (Wildman–Crippen MR) is 125 cm³/mol. The molecule has 0 aromatic carbocycles. The van der Waals surface area contributed by atoms with Gasteiger partial charge in [0, 0.05) is 64.5 Å². The van der Waals surface area contributed by atoms with Crippen molar-refractivity contribution >= 4 is 22.1 Å². The highest BCUT2D eigenvalue weighted by atomic mass is 19.1. The maximum absolute atomic E-state index is 13.9. The molecule has 0 aliphatic heterocycles. The molecule has 164 valence electrons. The average molecular weight is 439 g/mol. The van der Waals surface area contributed by atoms with Crippen LogP contribution in [-0.2, 0) is 0 Å². The summed E-state index contributed by atoms with van der Waals surface area (Å²) < 4.78 is 16.3. The van der Waals surface area contributed by atoms with E-state index in [-0.39, 0.29) is 5.82 Å². The fourth-order valence-electron chi connectivity index (χ4n) is 6.01. The third-order valence-electron chi connectivity index (χ3n) is 7.65. The van der Waals surface area contributed by atoms with E-state index in [1.807, 2.05) is 24.7 Å². The maximum Gasteiger partial charge on any atom is 0.163 e. The third-order valence-corrected chi connectivity index (χ3v) is 7.65. The van der Waals surface area contributed by atoms with Gasteiger partial charge in [-0.25, -0.2) is 19.3 Å². The number of aromatic amines is 1. The molecule has 5 heterocycles. The van der Waals surface area contributed by atoms with Gasteiger partial charge in [0.15, 0.2) is 5.82 Å². The van der Waals surface area contributed by atoms with Gasteiger partial charge in [0.25, 0.3) is 0 Å². The normalized spacial score (nSPS) is 22.4. The molecule has 3 fully saturated rings. The summed E-state index contributed by atoms with van der Waals surface area (Å²) in [5.41, 5.74) is 4.51. The SMILES string of the molecule is Fc1cnc2[nH]cc(-c3ncc4c(-c5cccnc5)cn([C@H]5CC6CCC5CC6)c4n3)c2c1. The summed E-state index contributed by atoms with van der Waals surface area (Å²) in [5.74, 6) is 1.71. The smallest absolute Gasteiger partial charge is 0.163 e. The molecule has 3 saturated carbocycles. The first-order valence-corrected chi connectivity index (χ1v) is 11.7. The van der Waals surface area contributed by atoms with Crippen LogP contribution in [-0.4, -0.2) is 29.5 Å². The van der Waals surface area contributed by atoms with Crippen LogP contribution in [0.15, 0.2) is 55.4 Å². The monoisotopic (exact) mass is 438 g/mol. The van der Waals surface area contributed by atoms with Crippen molar-refractivity contribution in [3.05, 3.63) is 61.2 Å². The molecule has 2 bridgehead atoms. The van der Waals surface area contributed by atoms with Crippen molar-refractivity contribution in [1.29, 1.82) is 0 Å². The molecule has 6 nitrogen and oxygen atoms in total. The van der Waals surface area contributed by atoms with Crippen molar-refractivity contribution in [1.82, 2.24) is 29.5 Å². The van der Waals surface area contributed by atoms with E-state index >= 15 is 0 Å². The molecular weight excluding hydrogens is 415 g/mol. The Kier molecular flexibility index (Phi) is 4.13. The summed E-state index contributed by atoms with van der Waals surface area (Å²) in [6.07, 6.45) is 17.4. The molecule has 1 atom stereocenters. The zero-order valence-corrected chi connectivity index (χ0v) is 18.1. The van der Waals surface area contributed by atoms with Crippen LogP contribution in [0.1, 0.15) is 38.1 Å². The Bertz CT molecular complexity index is 1480. The Balaban J connectivity index is 1.44. The van der Waals surface area contributed by atoms with E-state index in [4.69, 9.17) is 9.97 Å². The molecule has 0 unspecified atom stereocenters. The van der Waals surface area contributed by atoms with Crippen LogP contribution in [0.3, 0.4) is 0 Å². The molecule has 8 rings (SSSR count). The summed E-state index contributed by atoms with van der Waals surface area (Å²) >= 11 is 0. The number of hydrogen-bond acceptors (Lipinski definition) is 4. The van der Waals surface area contributed by atoms with Crippen LogP contribution in [0.5, 0.6) is 0 Å². The summed E-state index contributed by atoms with van der Waals surface area (Å²) in [4.78, 5) is 21.4. The van der Waals surface area contributed by atoms with Gasteiger partial charge in [0.1, 0.15) is 17.1 Å². The van der Waals surface area contributed by atoms with Crippen LogP contribution in [0.4, 0.5) is 4.39 Å². The van der Waals surface area contributed by atoms with E-state index in [1.54, 1.807) is 6.20 Å². The fourth-order valence-corrected chi connectivity index (χ4v) is 6.01. The predicted octanol–water partition coefficient (Wildman–Crippen LogP) is 5.93. The van der Waals surface area contributed by atoms with Gasteiger partial charge in [-0.15, -0.1) is 0 Å². The first-order chi connectivity index (χ1) is 16.2. The molecular formula is C26H23FN6. The van der Waals surface area contributed by atoms with Crippen LogP contribution < -0.4 is 0 Å². The summed E-state index contributed by atoms with van der Waals surface area (Å²) in [7, 11) is 0. The number of hydrogen-bond donors (Lipinski definition) is 1. The minimum atomic E-state index is -0.370. The van der Waals surface area contributed by atoms with E-state index < -0.39 is 0 Å². The lowest BCUT2D eigenvalue weighted by Gasteiger charge is -2.43. The van der Waals surface area contributed by atoms with E-state index in [0.29, 0.717) is 28.8 Å². The minimum Gasteiger partial charge on any atom is -0.345 e. The fraction of sp³-hybridized carbons (Fsp3) is 0.308. The second-order valence-corrected chi connectivity index (χ2v) is 9.46. The number of halogens is 1. The first kappa shape index (κ1) is 18.9. The Labute approximate surface area is 189 Å². The number of nitrogens with one attached hydrogen (secondary N) is 1. The summed E-state index contributed by atoms with van der Waals surface area (Å²) in [6.45, 7) is 0. The lowest BCUT2D eigenvalue weighted by molar-refractivity contribution is 0.108. The summed E-state index contributed by atoms with van der Waals surface area (Å²) in [5, 5.41) is 1.72. The molecule has 3 aliphatic carbocycles. The average Bonchev–Trinajstić information content (AvgIpc) is 3.46. The van der Waals surface area contributed by atoms with Gasteiger partial charge in [-0.3, -0.25) is 4.98 Å². The highest BCUT2D eigenvalue weighted by Gasteiger charge is 2.37. The molecule has 0 radical (unpaired) electrons. The minimum absolute atomic E-state index is 0.370. The Morgan fingerprint density at radius 3 is 2.70 bits per heavy atom. The van der Waals surface area contributed by atoms with E-state index in [2.05, 4.69) is 31.8 Å². The van der Waals surface area contributed by atoms with E-state index in [1.165, 1.54) is 44.4 Å². The second kappa shape index (κ2) is 7.20. The van der Waals surface area contributed by atoms with Gasteiger partial charge in [-0.05, 0) is 43.2 Å². The maximum atomic E-state index is 13.9. The van der Waals surface area contributed by atoms with E-state index in [0.717, 1.165) is 33.6 Å². The number of pyridine rings is 2. The number of H-pyrrole nitrogens is 1. The van der Waals surface area contributed by atoms with Crippen molar-refractivity contribution in [3.8, 4) is 22.5 Å². The van der Waals surface area contributed by atoms with Gasteiger partial charge in [0.05, 0.1) is 6.20 Å². The standard InChI is InChI=1S/C26H23FN6/c27-18-9-19-20(12-30-24(19)29-11-18)25-31-13-21-22(17-2-1-7-28-10-17)14-33(26(21)32-25)23-8-15-3-5-16(23)6-4-15/h1-2,7,9-16,23H,3-6,8H2,(H,29,30)/t15?,16?,23-/m0/s1. The Hall–Kier alpha value is -3.61. The molecule has 0 amide bonds. The lowest BCUT2D eigenvalue weighted by Crippen LogP contribution is -2.32. The molecule has 0 saturated heterocycles. The summed E-state index contributed by atoms with van der Waals surface area (Å²) in [6, 6.07) is 5.99. The second-order valence-electron chi connectivity index (χ2n) is 9.46. The highest BCUT2D eigenvalue weighted by Crippen LogP contribution is 2.49. The van der Waals surface area contributed by atoms with Crippen LogP contribution in [0.25, 0.3) is 44.6 Å². The van der Waals surface area contributed by atoms with Gasteiger partial charge >= 0.3 is 0 Å². The Morgan fingerprint density at radius 2 is 1.91 bits per heavy atom. The lowest BCUT2D eigenvalue weighted by atomic mass is 9.68. The number of rotatable bonds is 3.